The van der Waals surface area contributed by atoms with Crippen LogP contribution in [0.1, 0.15) is 22.5 Å². The molecule has 12 heteroatoms. The minimum absolute atomic E-state index is 0. The van der Waals surface area contributed by atoms with E-state index >= 15 is 0 Å². The number of fused-ring (bicyclic) bond motifs is 1. The van der Waals surface area contributed by atoms with E-state index < -0.39 is 10.0 Å². The third-order valence-electron chi connectivity index (χ3n) is 5.00. The maximum absolute atomic E-state index is 14.2. The van der Waals surface area contributed by atoms with Gasteiger partial charge in [-0.1, -0.05) is 6.07 Å². The highest BCUT2D eigenvalue weighted by Crippen LogP contribution is 2.28. The summed E-state index contributed by atoms with van der Waals surface area (Å²) >= 11 is 0. The molecular weight excluding hydrogens is 512 g/mol. The van der Waals surface area contributed by atoms with Crippen LogP contribution in [0.5, 0.6) is 0 Å². The van der Waals surface area contributed by atoms with E-state index in [1.165, 1.54) is 26.2 Å². The average Bonchev–Trinajstić information content (AvgIpc) is 2.93. The van der Waals surface area contributed by atoms with Gasteiger partial charge in [0.15, 0.2) is 5.03 Å². The van der Waals surface area contributed by atoms with Gasteiger partial charge in [0, 0.05) is 50.2 Å². The summed E-state index contributed by atoms with van der Waals surface area (Å²) in [5.41, 5.74) is 10.6. The van der Waals surface area contributed by atoms with Crippen LogP contribution in [-0.4, -0.2) is 47.9 Å². The SMILES string of the molecule is Cc1ccc2c(n1)c(Cc1ccc(S(=O)(=O)N(C)C)nc1)c(C)n2C/C(F)=C/CN.Cl.Cl.Cl. The summed E-state index contributed by atoms with van der Waals surface area (Å²) in [5, 5.41) is -0.00152. The number of allylic oxidation sites excluding steroid dienone is 1. The average molecular weight is 541 g/mol. The Balaban J connectivity index is 0.00000341. The third-order valence-corrected chi connectivity index (χ3v) is 6.73. The zero-order valence-electron chi connectivity index (χ0n) is 18.8. The van der Waals surface area contributed by atoms with E-state index in [1.807, 2.05) is 30.5 Å². The van der Waals surface area contributed by atoms with Crippen molar-refractivity contribution in [1.29, 1.82) is 0 Å². The van der Waals surface area contributed by atoms with Crippen LogP contribution in [0, 0.1) is 13.8 Å². The van der Waals surface area contributed by atoms with E-state index in [9.17, 15) is 12.8 Å². The first-order valence-electron chi connectivity index (χ1n) is 9.52. The third kappa shape index (κ3) is 6.65. The van der Waals surface area contributed by atoms with Crippen LogP contribution in [0.15, 0.2) is 47.4 Å². The molecule has 0 amide bonds. The van der Waals surface area contributed by atoms with Crippen LogP contribution >= 0.6 is 37.2 Å². The zero-order chi connectivity index (χ0) is 22.1. The van der Waals surface area contributed by atoms with Gasteiger partial charge in [0.05, 0.1) is 17.6 Å². The van der Waals surface area contributed by atoms with E-state index in [2.05, 4.69) is 9.97 Å². The predicted octanol–water partition coefficient (Wildman–Crippen LogP) is 3.97. The summed E-state index contributed by atoms with van der Waals surface area (Å²) in [6.45, 7) is 4.07. The van der Waals surface area contributed by atoms with Crippen LogP contribution in [0.25, 0.3) is 11.0 Å². The van der Waals surface area contributed by atoms with Crippen molar-refractivity contribution in [2.75, 3.05) is 20.6 Å². The molecule has 3 rings (SSSR count). The van der Waals surface area contributed by atoms with Gasteiger partial charge in [0.25, 0.3) is 10.0 Å². The molecule has 33 heavy (non-hydrogen) atoms. The number of halogens is 4. The molecule has 2 N–H and O–H groups in total. The van der Waals surface area contributed by atoms with E-state index in [1.54, 1.807) is 12.3 Å². The number of nitrogens with zero attached hydrogens (tertiary/aromatic N) is 4. The van der Waals surface area contributed by atoms with Crippen LogP contribution in [0.3, 0.4) is 0 Å². The number of hydrogen-bond acceptors (Lipinski definition) is 5. The fraction of sp³-hybridized carbons (Fsp3) is 0.333. The Morgan fingerprint density at radius 2 is 1.82 bits per heavy atom. The lowest BCUT2D eigenvalue weighted by Crippen LogP contribution is -2.23. The number of aryl methyl sites for hydroxylation is 1. The molecule has 0 radical (unpaired) electrons. The lowest BCUT2D eigenvalue weighted by molar-refractivity contribution is 0.517. The Kier molecular flexibility index (Phi) is 12.0. The van der Waals surface area contributed by atoms with E-state index in [4.69, 9.17) is 5.73 Å². The molecule has 0 spiro atoms. The molecule has 0 atom stereocenters. The molecule has 0 saturated carbocycles. The minimum atomic E-state index is -3.58. The number of rotatable bonds is 7. The fourth-order valence-electron chi connectivity index (χ4n) is 3.32. The lowest BCUT2D eigenvalue weighted by atomic mass is 10.1. The lowest BCUT2D eigenvalue weighted by Gasteiger charge is -2.11. The van der Waals surface area contributed by atoms with E-state index in [0.717, 1.165) is 37.9 Å². The first kappa shape index (κ1) is 31.2. The van der Waals surface area contributed by atoms with Gasteiger partial charge in [0.2, 0.25) is 0 Å². The minimum Gasteiger partial charge on any atom is -0.336 e. The standard InChI is InChI=1S/C21H26FN5O2S.3ClH/c1-14-5-7-19-21(25-14)18(15(2)27(19)13-17(22)9-10-23)11-16-6-8-20(24-12-16)30(28,29)26(3)4;;;/h5-9,12H,10-11,13,23H2,1-4H3;3*1H/b17-9-;;;. The first-order valence-corrected chi connectivity index (χ1v) is 11.0. The van der Waals surface area contributed by atoms with Crippen molar-refractivity contribution in [3.63, 3.8) is 0 Å². The van der Waals surface area contributed by atoms with Gasteiger partial charge >= 0.3 is 0 Å². The van der Waals surface area contributed by atoms with Crippen molar-refractivity contribution in [2.45, 2.75) is 31.8 Å². The molecule has 184 valence electrons. The van der Waals surface area contributed by atoms with Crippen molar-refractivity contribution >= 4 is 58.3 Å². The maximum Gasteiger partial charge on any atom is 0.260 e. The molecule has 0 aliphatic carbocycles. The number of hydrogen-bond donors (Lipinski definition) is 1. The van der Waals surface area contributed by atoms with Gasteiger partial charge in [0.1, 0.15) is 5.83 Å². The Morgan fingerprint density at radius 3 is 2.36 bits per heavy atom. The van der Waals surface area contributed by atoms with Gasteiger partial charge in [-0.15, -0.1) is 37.2 Å². The highest BCUT2D eigenvalue weighted by Gasteiger charge is 2.20. The molecule has 0 saturated heterocycles. The van der Waals surface area contributed by atoms with Gasteiger partial charge in [-0.05, 0) is 43.7 Å². The second kappa shape index (κ2) is 12.6. The summed E-state index contributed by atoms with van der Waals surface area (Å²) in [6, 6.07) is 7.09. The van der Waals surface area contributed by atoms with Crippen LogP contribution in [-0.2, 0) is 23.0 Å². The van der Waals surface area contributed by atoms with E-state index in [0.29, 0.717) is 6.42 Å². The van der Waals surface area contributed by atoms with Crippen LogP contribution in [0.2, 0.25) is 0 Å². The molecule has 0 aromatic carbocycles. The molecular formula is C21H29Cl3FN5O2S. The Morgan fingerprint density at radius 1 is 1.15 bits per heavy atom. The van der Waals surface area contributed by atoms with Crippen molar-refractivity contribution in [3.8, 4) is 0 Å². The topological polar surface area (TPSA) is 94.1 Å². The second-order valence-corrected chi connectivity index (χ2v) is 9.42. The van der Waals surface area contributed by atoms with Crippen molar-refractivity contribution in [1.82, 2.24) is 18.8 Å². The summed E-state index contributed by atoms with van der Waals surface area (Å²) in [6.07, 6.45) is 3.42. The van der Waals surface area contributed by atoms with Gasteiger partial charge in [-0.3, -0.25) is 4.98 Å². The van der Waals surface area contributed by atoms with Crippen LogP contribution < -0.4 is 5.73 Å². The molecule has 0 fully saturated rings. The highest BCUT2D eigenvalue weighted by molar-refractivity contribution is 7.89. The molecule has 0 bridgehead atoms. The number of aromatic nitrogens is 3. The smallest absolute Gasteiger partial charge is 0.260 e. The number of sulfonamides is 1. The molecule has 3 aromatic rings. The zero-order valence-corrected chi connectivity index (χ0v) is 22.0. The van der Waals surface area contributed by atoms with Crippen molar-refractivity contribution in [2.24, 2.45) is 5.73 Å². The second-order valence-electron chi connectivity index (χ2n) is 7.33. The molecule has 0 aliphatic heterocycles. The largest absolute Gasteiger partial charge is 0.336 e. The summed E-state index contributed by atoms with van der Waals surface area (Å²) in [5.74, 6) is -0.301. The highest BCUT2D eigenvalue weighted by atomic mass is 35.5. The van der Waals surface area contributed by atoms with Crippen molar-refractivity contribution in [3.05, 3.63) is 64.9 Å². The quantitative estimate of drug-likeness (QED) is 0.489. The Hall–Kier alpha value is -1.75. The molecule has 0 unspecified atom stereocenters. The first-order chi connectivity index (χ1) is 14.1. The molecule has 7 nitrogen and oxygen atoms in total. The normalized spacial score (nSPS) is 11.7. The van der Waals surface area contributed by atoms with Gasteiger partial charge in [-0.2, -0.15) is 0 Å². The van der Waals surface area contributed by atoms with Gasteiger partial charge < -0.3 is 10.3 Å². The monoisotopic (exact) mass is 539 g/mol. The summed E-state index contributed by atoms with van der Waals surface area (Å²) in [7, 11) is -0.647. The molecule has 3 heterocycles. The maximum atomic E-state index is 14.2. The predicted molar refractivity (Wildman–Crippen MR) is 137 cm³/mol. The van der Waals surface area contributed by atoms with Crippen molar-refractivity contribution < 1.29 is 12.8 Å². The molecule has 0 aliphatic rings. The van der Waals surface area contributed by atoms with Gasteiger partial charge in [-0.25, -0.2) is 22.1 Å². The fourth-order valence-corrected chi connectivity index (χ4v) is 4.12. The van der Waals surface area contributed by atoms with E-state index in [-0.39, 0.29) is 61.2 Å². The summed E-state index contributed by atoms with van der Waals surface area (Å²) in [4.78, 5) is 8.81. The number of pyridine rings is 2. The number of nitrogens with two attached hydrogens (primary N) is 1. The Bertz CT molecular complexity index is 1210. The summed E-state index contributed by atoms with van der Waals surface area (Å²) < 4.78 is 41.7. The Labute approximate surface area is 212 Å². The molecule has 3 aromatic heterocycles. The van der Waals surface area contributed by atoms with Crippen LogP contribution in [0.4, 0.5) is 4.39 Å².